The number of nitrogens with zero attached hydrogens (tertiary/aromatic N) is 16. The first-order chi connectivity index (χ1) is 21.1. The molecule has 0 spiro atoms. The smallest absolute Gasteiger partial charge is 0.373 e. The first-order valence-electron chi connectivity index (χ1n) is 12.4. The zero-order valence-electron chi connectivity index (χ0n) is 24.7. The van der Waals surface area contributed by atoms with Crippen LogP contribution < -0.4 is 0 Å². The molecule has 0 N–H and O–H groups in total. The third-order valence-electron chi connectivity index (χ3n) is 5.60. The fraction of sp³-hybridized carbons (Fsp3) is 0.143. The molecule has 4 aromatic heterocycles. The molecule has 0 aliphatic carbocycles. The number of pyridine rings is 4. The van der Waals surface area contributed by atoms with E-state index in [0.717, 1.165) is 66.4 Å². The molecular weight excluding hydrogens is 678 g/mol. The molecule has 18 heteroatoms. The van der Waals surface area contributed by atoms with E-state index in [0.29, 0.717) is 0 Å². The van der Waals surface area contributed by atoms with Gasteiger partial charge in [-0.2, -0.15) is 0 Å². The van der Waals surface area contributed by atoms with Crippen LogP contribution in [0.15, 0.2) is 72.8 Å². The molecule has 6 aromatic rings. The molecule has 0 saturated heterocycles. The van der Waals surface area contributed by atoms with Gasteiger partial charge in [-0.3, -0.25) is 39.6 Å². The Morgan fingerprint density at radius 1 is 0.326 bits per heavy atom. The van der Waals surface area contributed by atoms with Crippen molar-refractivity contribution in [2.24, 2.45) is 0 Å². The van der Waals surface area contributed by atoms with Gasteiger partial charge < -0.3 is 44.2 Å². The summed E-state index contributed by atoms with van der Waals surface area (Å²) in [4.78, 5) is 24.3. The Labute approximate surface area is 282 Å². The average Bonchev–Trinajstić information content (AvgIpc) is 2.99. The zero-order chi connectivity index (χ0) is 33.1. The van der Waals surface area contributed by atoms with Crippen LogP contribution >= 0.6 is 0 Å². The summed E-state index contributed by atoms with van der Waals surface area (Å²) in [6, 6.07) is 24.9. The van der Waals surface area contributed by atoms with Crippen molar-refractivity contribution in [1.82, 2.24) is 19.9 Å². The van der Waals surface area contributed by atoms with Crippen LogP contribution in [-0.2, 0) is 33.0 Å². The molecule has 6 rings (SSSR count). The van der Waals surface area contributed by atoms with Crippen LogP contribution in [0, 0.1) is 27.7 Å². The molecule has 4 heterocycles. The Kier molecular flexibility index (Phi) is 21.0. The van der Waals surface area contributed by atoms with E-state index in [4.69, 9.17) is 44.2 Å². The largest absolute Gasteiger partial charge is 2.00 e. The molecule has 0 unspecified atom stereocenters. The molecule has 46 heavy (non-hydrogen) atoms. The predicted molar refractivity (Wildman–Crippen MR) is 173 cm³/mol. The summed E-state index contributed by atoms with van der Waals surface area (Å²) in [7, 11) is 0. The van der Waals surface area contributed by atoms with Gasteiger partial charge in [-0.05, 0) is 52.0 Å². The van der Waals surface area contributed by atoms with Gasteiger partial charge >= 0.3 is 33.0 Å². The molecule has 0 amide bonds. The Balaban J connectivity index is 0. The number of aryl methyl sites for hydroxylation is 4. The average molecular weight is 702 g/mol. The van der Waals surface area contributed by atoms with Gasteiger partial charge in [0.2, 0.25) is 0 Å². The quantitative estimate of drug-likeness (QED) is 0.0490. The molecule has 0 saturated carbocycles. The second-order valence-electron chi connectivity index (χ2n) is 8.59. The van der Waals surface area contributed by atoms with Gasteiger partial charge in [0.25, 0.3) is 0 Å². The molecule has 0 bridgehead atoms. The third-order valence-corrected chi connectivity index (χ3v) is 5.60. The van der Waals surface area contributed by atoms with E-state index in [9.17, 15) is 0 Å². The first kappa shape index (κ1) is 42.4. The maximum Gasteiger partial charge on any atom is 2.00 e. The van der Waals surface area contributed by atoms with Crippen molar-refractivity contribution in [1.29, 1.82) is 0 Å². The van der Waals surface area contributed by atoms with Crippen LogP contribution in [-0.4, -0.2) is 19.9 Å². The number of rotatable bonds is 0. The molecule has 0 aliphatic heterocycles. The Hall–Kier alpha value is -5.69. The van der Waals surface area contributed by atoms with Gasteiger partial charge in [0, 0.05) is 44.3 Å². The number of benzene rings is 2. The summed E-state index contributed by atoms with van der Waals surface area (Å²) in [5.41, 5.74) is 62.1. The van der Waals surface area contributed by atoms with Crippen molar-refractivity contribution >= 4 is 43.6 Å². The van der Waals surface area contributed by atoms with Crippen LogP contribution in [0.4, 0.5) is 0 Å². The fourth-order valence-electron chi connectivity index (χ4n) is 3.93. The van der Waals surface area contributed by atoms with Gasteiger partial charge in [0.05, 0.1) is 22.1 Å². The van der Waals surface area contributed by atoms with Crippen LogP contribution in [0.3, 0.4) is 0 Å². The molecule has 0 radical (unpaired) electrons. The monoisotopic (exact) mass is 700 g/mol. The third kappa shape index (κ3) is 12.9. The van der Waals surface area contributed by atoms with Crippen LogP contribution in [0.25, 0.3) is 108 Å². The first-order valence-corrected chi connectivity index (χ1v) is 12.4. The van der Waals surface area contributed by atoms with Gasteiger partial charge in [-0.25, -0.2) is 0 Å². The zero-order valence-corrected chi connectivity index (χ0v) is 26.7. The van der Waals surface area contributed by atoms with E-state index >= 15 is 0 Å². The van der Waals surface area contributed by atoms with Gasteiger partial charge in [-0.1, -0.05) is 48.5 Å². The number of hydrogen-bond donors (Lipinski definition) is 0. The Bertz CT molecular complexity index is 1730. The van der Waals surface area contributed by atoms with Crippen LogP contribution in [0.2, 0.25) is 0 Å². The summed E-state index contributed by atoms with van der Waals surface area (Å²) in [6.45, 7) is 8.03. The number of hydrogen-bond acceptors (Lipinski definition) is 4. The maximum absolute atomic E-state index is 6.75. The second kappa shape index (κ2) is 22.8. The van der Waals surface area contributed by atoms with E-state index in [1.54, 1.807) is 0 Å². The SMILES string of the molecule is Cc1ccc2ccc3ccc(C)nc3c2n1.Cc1ccc2ccc3ccc(C)nc3c2n1.[N-]=[N+]=[N-].[N-]=[N+]=[N-].[N-]=[N+]=[N-].[N-]=[N+]=[N-].[Ni+2].[Ni+2]. The minimum absolute atomic E-state index is 0. The van der Waals surface area contributed by atoms with E-state index in [2.05, 4.69) is 68.5 Å². The van der Waals surface area contributed by atoms with Gasteiger partial charge in [0.1, 0.15) is 0 Å². The van der Waals surface area contributed by atoms with E-state index < -0.39 is 0 Å². The Morgan fingerprint density at radius 3 is 0.609 bits per heavy atom. The number of aromatic nitrogens is 4. The van der Waals surface area contributed by atoms with Crippen molar-refractivity contribution in [3.63, 3.8) is 0 Å². The molecule has 236 valence electrons. The fourth-order valence-corrected chi connectivity index (χ4v) is 3.93. The molecule has 2 aromatic carbocycles. The normalized spacial score (nSPS) is 8.43. The second-order valence-corrected chi connectivity index (χ2v) is 8.59. The molecule has 0 aliphatic rings. The summed E-state index contributed by atoms with van der Waals surface area (Å²) < 4.78 is 0. The maximum atomic E-state index is 6.75. The summed E-state index contributed by atoms with van der Waals surface area (Å²) in [6.07, 6.45) is 0. The van der Waals surface area contributed by atoms with E-state index in [1.165, 1.54) is 19.6 Å². The molecule has 16 nitrogen and oxygen atoms in total. The van der Waals surface area contributed by atoms with Crippen molar-refractivity contribution < 1.29 is 33.0 Å². The van der Waals surface area contributed by atoms with Crippen LogP contribution in [0.5, 0.6) is 0 Å². The minimum atomic E-state index is 0. The molecule has 0 fully saturated rings. The van der Waals surface area contributed by atoms with E-state index in [-0.39, 0.29) is 33.0 Å². The standard InChI is InChI=1S/2C14H12N2.4N3.2Ni/c2*1-9-3-5-11-7-8-12-6-4-10(2)16-14(12)13(11)15-9;4*1-3-2;;/h2*3-8H,1-2H3;;;;;;/q;;4*-1;2*+2. The summed E-state index contributed by atoms with van der Waals surface area (Å²) in [5, 5.41) is 4.60. The molecular formula is C28H24N16Ni2. The van der Waals surface area contributed by atoms with Crippen molar-refractivity contribution in [3.8, 4) is 0 Å². The van der Waals surface area contributed by atoms with Crippen LogP contribution in [0.1, 0.15) is 22.8 Å². The summed E-state index contributed by atoms with van der Waals surface area (Å²) >= 11 is 0. The van der Waals surface area contributed by atoms with Gasteiger partial charge in [0.15, 0.2) is 0 Å². The van der Waals surface area contributed by atoms with Crippen molar-refractivity contribution in [3.05, 3.63) is 159 Å². The van der Waals surface area contributed by atoms with Gasteiger partial charge in [-0.15, -0.1) is 0 Å². The van der Waals surface area contributed by atoms with Crippen molar-refractivity contribution in [2.45, 2.75) is 27.7 Å². The van der Waals surface area contributed by atoms with E-state index in [1.807, 2.05) is 52.0 Å². The predicted octanol–water partition coefficient (Wildman–Crippen LogP) is 10.3. The molecule has 0 atom stereocenters. The Morgan fingerprint density at radius 2 is 0.457 bits per heavy atom. The number of fused-ring (bicyclic) bond motifs is 6. The minimum Gasteiger partial charge on any atom is -0.373 e. The topological polar surface area (TPSA) is 286 Å². The van der Waals surface area contributed by atoms with Crippen molar-refractivity contribution in [2.75, 3.05) is 0 Å². The summed E-state index contributed by atoms with van der Waals surface area (Å²) in [5.74, 6) is 0.